The first-order valence-electron chi connectivity index (χ1n) is 10.8. The summed E-state index contributed by atoms with van der Waals surface area (Å²) in [4.78, 5) is 24.0. The van der Waals surface area contributed by atoms with Gasteiger partial charge in [0.2, 0.25) is 0 Å². The van der Waals surface area contributed by atoms with Gasteiger partial charge in [-0.15, -0.1) is 0 Å². The Balaban J connectivity index is 0.000000406. The maximum absolute atomic E-state index is 12.7. The van der Waals surface area contributed by atoms with Gasteiger partial charge in [-0.2, -0.15) is 18.3 Å². The Bertz CT molecular complexity index is 1170. The number of halogens is 3. The van der Waals surface area contributed by atoms with Crippen molar-refractivity contribution in [3.05, 3.63) is 54.2 Å². The Morgan fingerprint density at radius 1 is 1.18 bits per heavy atom. The van der Waals surface area contributed by atoms with Gasteiger partial charge in [-0.25, -0.2) is 4.79 Å². The van der Waals surface area contributed by atoms with Crippen molar-refractivity contribution in [2.75, 3.05) is 19.6 Å². The van der Waals surface area contributed by atoms with Crippen LogP contribution < -0.4 is 5.32 Å². The molecule has 10 heteroatoms. The number of nitrogens with one attached hydrogen (secondary N) is 2. The Labute approximate surface area is 195 Å². The number of carbonyl (C=O) groups is 2. The van der Waals surface area contributed by atoms with Crippen LogP contribution in [0.2, 0.25) is 0 Å². The lowest BCUT2D eigenvalue weighted by Crippen LogP contribution is -2.44. The molecule has 1 unspecified atom stereocenters. The average molecular weight is 476 g/mol. The lowest BCUT2D eigenvalue weighted by molar-refractivity contribution is -0.192. The smallest absolute Gasteiger partial charge is 0.475 e. The molecule has 1 fully saturated rings. The number of benzene rings is 2. The molecule has 1 aliphatic rings. The Morgan fingerprint density at radius 3 is 2.41 bits per heavy atom. The maximum Gasteiger partial charge on any atom is 0.490 e. The number of likely N-dealkylation sites (N-methyl/N-ethyl adjacent to an activating group) is 1. The summed E-state index contributed by atoms with van der Waals surface area (Å²) in [5.41, 5.74) is 2.35. The number of carboxylic acid groups (broad SMARTS) is 1. The molecule has 182 valence electrons. The quantitative estimate of drug-likeness (QED) is 0.521. The van der Waals surface area contributed by atoms with E-state index in [4.69, 9.17) is 9.90 Å². The molecule has 2 heterocycles. The third-order valence-electron chi connectivity index (χ3n) is 5.88. The number of hydrogen-bond donors (Lipinski definition) is 3. The number of carbonyl (C=O) groups excluding carboxylic acids is 1. The lowest BCUT2D eigenvalue weighted by Gasteiger charge is -2.26. The largest absolute Gasteiger partial charge is 0.490 e. The zero-order chi connectivity index (χ0) is 25.1. The van der Waals surface area contributed by atoms with Gasteiger partial charge in [-0.1, -0.05) is 57.2 Å². The number of fused-ring (bicyclic) bond motifs is 1. The van der Waals surface area contributed by atoms with Crippen LogP contribution in [0.1, 0.15) is 31.3 Å². The summed E-state index contributed by atoms with van der Waals surface area (Å²) < 4.78 is 31.7. The van der Waals surface area contributed by atoms with Gasteiger partial charge in [-0.05, 0) is 34.9 Å². The molecule has 0 bridgehead atoms. The standard InChI is InChI=1S/C22H26N4O.C2HF3O2/c1-4-26-13-20(22(2,3)14-26)23-21(27)19-12-18(24-25-19)17-10-9-15-7-5-6-8-16(15)11-17;3-2(4,5)1(6)7/h5-12,20H,4,13-14H2,1-3H3,(H,23,27)(H,24,25);(H,6,7). The Hall–Kier alpha value is -3.40. The van der Waals surface area contributed by atoms with Crippen LogP contribution in [-0.2, 0) is 4.79 Å². The number of carboxylic acids is 1. The number of H-pyrrole nitrogens is 1. The lowest BCUT2D eigenvalue weighted by atomic mass is 9.88. The second-order valence-electron chi connectivity index (χ2n) is 8.87. The highest BCUT2D eigenvalue weighted by Crippen LogP contribution is 2.30. The molecule has 0 spiro atoms. The SMILES string of the molecule is CCN1CC(NC(=O)c2cc(-c3ccc4ccccc4c3)n[nH]2)C(C)(C)C1.O=C(O)C(F)(F)F. The fraction of sp³-hybridized carbons (Fsp3) is 0.375. The molecule has 1 amide bonds. The third kappa shape index (κ3) is 5.93. The predicted molar refractivity (Wildman–Crippen MR) is 122 cm³/mol. The third-order valence-corrected chi connectivity index (χ3v) is 5.88. The number of likely N-dealkylation sites (tertiary alicyclic amines) is 1. The van der Waals surface area contributed by atoms with Crippen molar-refractivity contribution in [2.24, 2.45) is 5.41 Å². The molecule has 34 heavy (non-hydrogen) atoms. The number of aromatic nitrogens is 2. The van der Waals surface area contributed by atoms with E-state index in [0.29, 0.717) is 5.69 Å². The molecule has 0 radical (unpaired) electrons. The van der Waals surface area contributed by atoms with Crippen LogP contribution in [0, 0.1) is 5.41 Å². The molecule has 1 aromatic heterocycles. The van der Waals surface area contributed by atoms with E-state index in [0.717, 1.165) is 36.3 Å². The number of aliphatic carboxylic acids is 1. The molecular weight excluding hydrogens is 449 g/mol. The van der Waals surface area contributed by atoms with Gasteiger partial charge in [0, 0.05) is 24.7 Å². The van der Waals surface area contributed by atoms with Crippen molar-refractivity contribution in [3.8, 4) is 11.3 Å². The highest BCUT2D eigenvalue weighted by atomic mass is 19.4. The summed E-state index contributed by atoms with van der Waals surface area (Å²) in [6.07, 6.45) is -5.08. The Morgan fingerprint density at radius 2 is 1.82 bits per heavy atom. The predicted octanol–water partition coefficient (Wildman–Crippen LogP) is 4.32. The van der Waals surface area contributed by atoms with Crippen LogP contribution in [0.4, 0.5) is 13.2 Å². The fourth-order valence-electron chi connectivity index (χ4n) is 3.91. The van der Waals surface area contributed by atoms with Crippen LogP contribution >= 0.6 is 0 Å². The van der Waals surface area contributed by atoms with Crippen molar-refractivity contribution in [1.29, 1.82) is 0 Å². The number of alkyl halides is 3. The zero-order valence-corrected chi connectivity index (χ0v) is 19.1. The van der Waals surface area contributed by atoms with Crippen molar-refractivity contribution >= 4 is 22.6 Å². The van der Waals surface area contributed by atoms with Crippen LogP contribution in [0.15, 0.2) is 48.5 Å². The minimum atomic E-state index is -5.08. The normalized spacial score (nSPS) is 17.8. The van der Waals surface area contributed by atoms with Gasteiger partial charge in [0.1, 0.15) is 5.69 Å². The van der Waals surface area contributed by atoms with E-state index in [1.54, 1.807) is 0 Å². The number of aromatic amines is 1. The van der Waals surface area contributed by atoms with Crippen molar-refractivity contribution < 1.29 is 27.9 Å². The molecule has 7 nitrogen and oxygen atoms in total. The molecule has 1 atom stereocenters. The van der Waals surface area contributed by atoms with Crippen molar-refractivity contribution in [1.82, 2.24) is 20.4 Å². The molecule has 4 rings (SSSR count). The van der Waals surface area contributed by atoms with Crippen LogP contribution in [-0.4, -0.2) is 63.9 Å². The summed E-state index contributed by atoms with van der Waals surface area (Å²) in [7, 11) is 0. The summed E-state index contributed by atoms with van der Waals surface area (Å²) >= 11 is 0. The second-order valence-corrected chi connectivity index (χ2v) is 8.87. The topological polar surface area (TPSA) is 98.3 Å². The van der Waals surface area contributed by atoms with Gasteiger partial charge in [0.15, 0.2) is 0 Å². The molecule has 3 aromatic rings. The second kappa shape index (κ2) is 9.84. The first-order chi connectivity index (χ1) is 15.9. The van der Waals surface area contributed by atoms with E-state index in [-0.39, 0.29) is 17.4 Å². The molecule has 1 saturated heterocycles. The monoisotopic (exact) mass is 476 g/mol. The van der Waals surface area contributed by atoms with E-state index < -0.39 is 12.1 Å². The van der Waals surface area contributed by atoms with Gasteiger partial charge >= 0.3 is 12.1 Å². The summed E-state index contributed by atoms with van der Waals surface area (Å²) in [6, 6.07) is 16.4. The minimum Gasteiger partial charge on any atom is -0.475 e. The van der Waals surface area contributed by atoms with Crippen molar-refractivity contribution in [3.63, 3.8) is 0 Å². The van der Waals surface area contributed by atoms with Gasteiger partial charge in [0.25, 0.3) is 5.91 Å². The van der Waals surface area contributed by atoms with E-state index in [2.05, 4.69) is 65.5 Å². The van der Waals surface area contributed by atoms with E-state index in [1.807, 2.05) is 24.3 Å². The first kappa shape index (κ1) is 25.2. The average Bonchev–Trinajstić information content (AvgIpc) is 3.38. The van der Waals surface area contributed by atoms with Crippen LogP contribution in [0.3, 0.4) is 0 Å². The highest BCUT2D eigenvalue weighted by Gasteiger charge is 2.40. The number of nitrogens with zero attached hydrogens (tertiary/aromatic N) is 2. The van der Waals surface area contributed by atoms with E-state index in [1.165, 1.54) is 5.39 Å². The highest BCUT2D eigenvalue weighted by molar-refractivity contribution is 5.94. The summed E-state index contributed by atoms with van der Waals surface area (Å²) in [5, 5.41) is 19.9. The summed E-state index contributed by atoms with van der Waals surface area (Å²) in [6.45, 7) is 9.47. The molecule has 2 aromatic carbocycles. The summed E-state index contributed by atoms with van der Waals surface area (Å²) in [5.74, 6) is -2.85. The minimum absolute atomic E-state index is 0.0624. The van der Waals surface area contributed by atoms with Gasteiger partial charge in [-0.3, -0.25) is 9.89 Å². The van der Waals surface area contributed by atoms with E-state index >= 15 is 0 Å². The van der Waals surface area contributed by atoms with Crippen molar-refractivity contribution in [2.45, 2.75) is 33.0 Å². The van der Waals surface area contributed by atoms with Gasteiger partial charge < -0.3 is 15.3 Å². The fourth-order valence-corrected chi connectivity index (χ4v) is 3.91. The number of rotatable bonds is 4. The molecule has 0 aliphatic carbocycles. The number of hydrogen-bond acceptors (Lipinski definition) is 4. The molecular formula is C24H27F3N4O3. The molecule has 3 N–H and O–H groups in total. The van der Waals surface area contributed by atoms with E-state index in [9.17, 15) is 18.0 Å². The number of amides is 1. The maximum atomic E-state index is 12.7. The van der Waals surface area contributed by atoms with Gasteiger partial charge in [0.05, 0.1) is 5.69 Å². The first-order valence-corrected chi connectivity index (χ1v) is 10.8. The molecule has 1 aliphatic heterocycles. The Kier molecular flexibility index (Phi) is 7.30. The van der Waals surface area contributed by atoms with Crippen LogP contribution in [0.25, 0.3) is 22.0 Å². The molecule has 0 saturated carbocycles. The van der Waals surface area contributed by atoms with Crippen LogP contribution in [0.5, 0.6) is 0 Å². The zero-order valence-electron chi connectivity index (χ0n) is 19.1.